The van der Waals surface area contributed by atoms with E-state index in [0.29, 0.717) is 5.56 Å². The zero-order valence-electron chi connectivity index (χ0n) is 11.5. The van der Waals surface area contributed by atoms with Gasteiger partial charge in [-0.05, 0) is 6.07 Å². The Morgan fingerprint density at radius 3 is 2.60 bits per heavy atom. The molecule has 0 aromatic heterocycles. The van der Waals surface area contributed by atoms with Crippen LogP contribution in [0.2, 0.25) is 0 Å². The van der Waals surface area contributed by atoms with E-state index < -0.39 is 10.0 Å². The second-order valence-corrected chi connectivity index (χ2v) is 6.78. The third-order valence-corrected chi connectivity index (χ3v) is 4.09. The molecule has 1 aliphatic rings. The van der Waals surface area contributed by atoms with Crippen LogP contribution in [0.1, 0.15) is 11.6 Å². The van der Waals surface area contributed by atoms with Crippen LogP contribution < -0.4 is 10.0 Å². The molecule has 1 unspecified atom stereocenters. The van der Waals surface area contributed by atoms with Crippen LogP contribution in [0.4, 0.5) is 4.39 Å². The third-order valence-electron chi connectivity index (χ3n) is 3.40. The second kappa shape index (κ2) is 6.62. The maximum atomic E-state index is 14.0. The van der Waals surface area contributed by atoms with Gasteiger partial charge in [0.25, 0.3) is 0 Å². The second-order valence-electron chi connectivity index (χ2n) is 4.94. The molecule has 7 heteroatoms. The smallest absolute Gasteiger partial charge is 0.208 e. The molecule has 0 spiro atoms. The van der Waals surface area contributed by atoms with Gasteiger partial charge >= 0.3 is 0 Å². The van der Waals surface area contributed by atoms with Crippen LogP contribution in [-0.2, 0) is 10.0 Å². The molecule has 1 heterocycles. The number of hydrogen-bond acceptors (Lipinski definition) is 4. The number of sulfonamides is 1. The Labute approximate surface area is 119 Å². The van der Waals surface area contributed by atoms with Crippen molar-refractivity contribution in [3.05, 3.63) is 35.6 Å². The summed E-state index contributed by atoms with van der Waals surface area (Å²) in [6.45, 7) is 3.36. The van der Waals surface area contributed by atoms with Crippen LogP contribution in [0.5, 0.6) is 0 Å². The Balaban J connectivity index is 2.21. The molecule has 1 aromatic rings. The number of nitrogens with one attached hydrogen (secondary N) is 2. The number of nitrogens with zero attached hydrogens (tertiary/aromatic N) is 1. The van der Waals surface area contributed by atoms with Gasteiger partial charge in [-0.1, -0.05) is 18.2 Å². The first-order chi connectivity index (χ1) is 9.47. The minimum atomic E-state index is -3.29. The van der Waals surface area contributed by atoms with Crippen molar-refractivity contribution < 1.29 is 12.8 Å². The molecule has 1 aromatic carbocycles. The number of piperazine rings is 1. The highest BCUT2D eigenvalue weighted by molar-refractivity contribution is 7.88. The van der Waals surface area contributed by atoms with Gasteiger partial charge in [-0.25, -0.2) is 17.5 Å². The molecule has 0 radical (unpaired) electrons. The minimum Gasteiger partial charge on any atom is -0.314 e. The fourth-order valence-corrected chi connectivity index (χ4v) is 2.87. The highest BCUT2D eigenvalue weighted by atomic mass is 32.2. The van der Waals surface area contributed by atoms with Crippen molar-refractivity contribution in [2.75, 3.05) is 39.0 Å². The molecule has 0 amide bonds. The van der Waals surface area contributed by atoms with Gasteiger partial charge in [0.05, 0.1) is 12.3 Å². The summed E-state index contributed by atoms with van der Waals surface area (Å²) < 4.78 is 39.1. The van der Waals surface area contributed by atoms with Gasteiger partial charge in [-0.15, -0.1) is 0 Å². The lowest BCUT2D eigenvalue weighted by molar-refractivity contribution is 0.172. The summed E-state index contributed by atoms with van der Waals surface area (Å²) in [6, 6.07) is 6.25. The van der Waals surface area contributed by atoms with Crippen molar-refractivity contribution in [1.29, 1.82) is 0 Å². The molecular formula is C13H20FN3O2S. The van der Waals surface area contributed by atoms with E-state index in [9.17, 15) is 12.8 Å². The van der Waals surface area contributed by atoms with Gasteiger partial charge in [-0.3, -0.25) is 4.90 Å². The van der Waals surface area contributed by atoms with Crippen LogP contribution in [0.15, 0.2) is 24.3 Å². The predicted octanol–water partition coefficient (Wildman–Crippen LogP) is 0.321. The first kappa shape index (κ1) is 15.4. The number of rotatable bonds is 5. The molecule has 0 bridgehead atoms. The predicted molar refractivity (Wildman–Crippen MR) is 76.4 cm³/mol. The van der Waals surface area contributed by atoms with Crippen molar-refractivity contribution in [3.63, 3.8) is 0 Å². The molecule has 2 N–H and O–H groups in total. The summed E-state index contributed by atoms with van der Waals surface area (Å²) in [4.78, 5) is 2.10. The van der Waals surface area contributed by atoms with Gasteiger partial charge in [0.1, 0.15) is 5.82 Å². The lowest BCUT2D eigenvalue weighted by atomic mass is 10.0. The van der Waals surface area contributed by atoms with E-state index in [0.717, 1.165) is 32.4 Å². The summed E-state index contributed by atoms with van der Waals surface area (Å²) in [5.41, 5.74) is 0.533. The van der Waals surface area contributed by atoms with E-state index in [4.69, 9.17) is 0 Å². The molecule has 1 fully saturated rings. The Hall–Kier alpha value is -1.02. The SMILES string of the molecule is CS(=O)(=O)NCC(c1ccccc1F)N1CCNCC1. The summed E-state index contributed by atoms with van der Waals surface area (Å²) in [6.07, 6.45) is 1.11. The Morgan fingerprint density at radius 2 is 2.00 bits per heavy atom. The van der Waals surface area contributed by atoms with Crippen molar-refractivity contribution in [1.82, 2.24) is 14.9 Å². The molecule has 5 nitrogen and oxygen atoms in total. The van der Waals surface area contributed by atoms with Crippen molar-refractivity contribution in [2.45, 2.75) is 6.04 Å². The Bertz CT molecular complexity index is 544. The van der Waals surface area contributed by atoms with Gasteiger partial charge < -0.3 is 5.32 Å². The third kappa shape index (κ3) is 4.24. The molecule has 20 heavy (non-hydrogen) atoms. The van der Waals surface area contributed by atoms with E-state index in [-0.39, 0.29) is 18.4 Å². The standard InChI is InChI=1S/C13H20FN3O2S/c1-20(18,19)16-10-13(17-8-6-15-7-9-17)11-4-2-3-5-12(11)14/h2-5,13,15-16H,6-10H2,1H3. The topological polar surface area (TPSA) is 61.4 Å². The molecule has 0 saturated carbocycles. The van der Waals surface area contributed by atoms with Crippen molar-refractivity contribution in [3.8, 4) is 0 Å². The van der Waals surface area contributed by atoms with Crippen molar-refractivity contribution in [2.24, 2.45) is 0 Å². The number of halogens is 1. The summed E-state index contributed by atoms with van der Waals surface area (Å²) in [5.74, 6) is -0.300. The molecule has 1 atom stereocenters. The van der Waals surface area contributed by atoms with Gasteiger partial charge in [0, 0.05) is 38.3 Å². The summed E-state index contributed by atoms with van der Waals surface area (Å²) in [5, 5.41) is 3.23. The maximum absolute atomic E-state index is 14.0. The number of benzene rings is 1. The van der Waals surface area contributed by atoms with E-state index in [1.54, 1.807) is 18.2 Å². The van der Waals surface area contributed by atoms with Crippen molar-refractivity contribution >= 4 is 10.0 Å². The largest absolute Gasteiger partial charge is 0.314 e. The first-order valence-electron chi connectivity index (χ1n) is 6.61. The molecule has 1 aliphatic heterocycles. The molecule has 0 aliphatic carbocycles. The maximum Gasteiger partial charge on any atom is 0.208 e. The van der Waals surface area contributed by atoms with Crippen LogP contribution in [0.3, 0.4) is 0 Å². The summed E-state index contributed by atoms with van der Waals surface area (Å²) >= 11 is 0. The highest BCUT2D eigenvalue weighted by Gasteiger charge is 2.25. The normalized spacial score (nSPS) is 18.9. The Kier molecular flexibility index (Phi) is 5.09. The van der Waals surface area contributed by atoms with E-state index in [1.807, 2.05) is 0 Å². The molecular weight excluding hydrogens is 281 g/mol. The van der Waals surface area contributed by atoms with E-state index >= 15 is 0 Å². The van der Waals surface area contributed by atoms with Crippen LogP contribution >= 0.6 is 0 Å². The molecule has 2 rings (SSSR count). The first-order valence-corrected chi connectivity index (χ1v) is 8.50. The van der Waals surface area contributed by atoms with Gasteiger partial charge in [-0.2, -0.15) is 0 Å². The minimum absolute atomic E-state index is 0.180. The Morgan fingerprint density at radius 1 is 1.35 bits per heavy atom. The molecule has 1 saturated heterocycles. The zero-order valence-corrected chi connectivity index (χ0v) is 12.3. The van der Waals surface area contributed by atoms with E-state index in [1.165, 1.54) is 6.07 Å². The summed E-state index contributed by atoms with van der Waals surface area (Å²) in [7, 11) is -3.29. The fraction of sp³-hybridized carbons (Fsp3) is 0.538. The number of hydrogen-bond donors (Lipinski definition) is 2. The highest BCUT2D eigenvalue weighted by Crippen LogP contribution is 2.23. The van der Waals surface area contributed by atoms with E-state index in [2.05, 4.69) is 14.9 Å². The van der Waals surface area contributed by atoms with Crippen LogP contribution in [0.25, 0.3) is 0 Å². The fourth-order valence-electron chi connectivity index (χ4n) is 2.41. The molecule has 112 valence electrons. The van der Waals surface area contributed by atoms with Gasteiger partial charge in [0.15, 0.2) is 0 Å². The zero-order chi connectivity index (χ0) is 14.6. The lowest BCUT2D eigenvalue weighted by Gasteiger charge is -2.35. The average Bonchev–Trinajstić information content (AvgIpc) is 2.41. The lowest BCUT2D eigenvalue weighted by Crippen LogP contribution is -2.48. The van der Waals surface area contributed by atoms with Crippen LogP contribution in [-0.4, -0.2) is 52.3 Å². The monoisotopic (exact) mass is 301 g/mol. The average molecular weight is 301 g/mol. The van der Waals surface area contributed by atoms with Crippen LogP contribution in [0, 0.1) is 5.82 Å². The van der Waals surface area contributed by atoms with Gasteiger partial charge in [0.2, 0.25) is 10.0 Å². The quantitative estimate of drug-likeness (QED) is 0.822.